The number of ketones is 1. The van der Waals surface area contributed by atoms with Crippen molar-refractivity contribution in [3.8, 4) is 11.3 Å². The van der Waals surface area contributed by atoms with Gasteiger partial charge in [-0.2, -0.15) is 4.37 Å². The molecule has 22 heteroatoms. The first-order valence-corrected chi connectivity index (χ1v) is 18.8. The summed E-state index contributed by atoms with van der Waals surface area (Å²) in [4.78, 5) is 81.3. The van der Waals surface area contributed by atoms with Gasteiger partial charge in [-0.05, 0) is 18.5 Å². The van der Waals surface area contributed by atoms with Crippen molar-refractivity contribution < 1.29 is 58.6 Å². The lowest BCUT2D eigenvalue weighted by Gasteiger charge is -2.50. The van der Waals surface area contributed by atoms with Crippen LogP contribution >= 0.6 is 54.0 Å². The number of carbonyl (C=O) groups is 4. The Morgan fingerprint density at radius 1 is 1.25 bits per heavy atom. The average molecular weight is 761 g/mol. The molecule has 3 aromatic heterocycles. The fourth-order valence-corrected chi connectivity index (χ4v) is 9.37. The molecule has 0 unspecified atom stereocenters. The number of fused-ring (bicyclic) bond motifs is 1. The molecule has 0 aliphatic carbocycles. The number of rotatable bonds is 12. The maximum atomic E-state index is 13.3. The van der Waals surface area contributed by atoms with Crippen LogP contribution < -0.4 is 9.67 Å². The Hall–Kier alpha value is -3.56. The van der Waals surface area contributed by atoms with Gasteiger partial charge >= 0.3 is 7.60 Å². The Morgan fingerprint density at radius 3 is 2.52 bits per heavy atom. The summed E-state index contributed by atoms with van der Waals surface area (Å²) >= 11 is 4.56. The van der Waals surface area contributed by atoms with Crippen LogP contribution in [0.2, 0.25) is 0 Å². The minimum absolute atomic E-state index is 0. The third-order valence-electron chi connectivity index (χ3n) is 6.18. The quantitative estimate of drug-likeness (QED) is 0.0742. The summed E-state index contributed by atoms with van der Waals surface area (Å²) < 4.78 is 17.8. The molecule has 1 amide bonds. The lowest BCUT2D eigenvalue weighted by molar-refractivity contribution is -0.671. The van der Waals surface area contributed by atoms with Gasteiger partial charge < -0.3 is 35.1 Å². The number of thioether (sulfide) groups is 2. The van der Waals surface area contributed by atoms with Crippen LogP contribution in [0.25, 0.3) is 11.3 Å². The van der Waals surface area contributed by atoms with Crippen molar-refractivity contribution in [3.05, 3.63) is 51.3 Å². The van der Waals surface area contributed by atoms with Crippen LogP contribution in [0.5, 0.6) is 0 Å². The number of amides is 1. The molecule has 0 saturated carbocycles. The van der Waals surface area contributed by atoms with Crippen molar-refractivity contribution in [1.82, 2.24) is 19.2 Å². The molecular formula is C26H29N6O11PS4. The molecular weight excluding hydrogens is 732 g/mol. The van der Waals surface area contributed by atoms with Crippen molar-refractivity contribution in [2.45, 2.75) is 36.1 Å². The zero-order valence-corrected chi connectivity index (χ0v) is 29.5. The van der Waals surface area contributed by atoms with Crippen LogP contribution in [0, 0.1) is 5.92 Å². The molecule has 5 rings (SSSR count). The van der Waals surface area contributed by atoms with Crippen molar-refractivity contribution in [2.75, 3.05) is 12.4 Å². The summed E-state index contributed by atoms with van der Waals surface area (Å²) in [5.74, 6) is -4.26. The van der Waals surface area contributed by atoms with E-state index in [9.17, 15) is 33.8 Å². The number of carbonyl (C=O) groups excluding carboxylic acids is 3. The number of aryl methyl sites for hydroxylation is 1. The molecule has 0 aromatic carbocycles. The number of aliphatic carboxylic acids is 2. The van der Waals surface area contributed by atoms with E-state index >= 15 is 0 Å². The van der Waals surface area contributed by atoms with Gasteiger partial charge in [0.1, 0.15) is 24.8 Å². The third-order valence-corrected chi connectivity index (χ3v) is 11.4. The minimum atomic E-state index is -4.41. The van der Waals surface area contributed by atoms with Gasteiger partial charge in [0, 0.05) is 47.1 Å². The number of carboxylic acids is 2. The van der Waals surface area contributed by atoms with Crippen molar-refractivity contribution in [1.29, 1.82) is 0 Å². The van der Waals surface area contributed by atoms with Crippen LogP contribution in [0.1, 0.15) is 31.1 Å². The number of thiazole rings is 1. The summed E-state index contributed by atoms with van der Waals surface area (Å²) in [6, 6.07) is 3.85. The summed E-state index contributed by atoms with van der Waals surface area (Å²) in [5, 5.41) is 24.7. The summed E-state index contributed by atoms with van der Waals surface area (Å²) in [6.07, 6.45) is 2.83. The lowest BCUT2D eigenvalue weighted by Crippen LogP contribution is -2.63. The molecule has 258 valence electrons. The first-order valence-electron chi connectivity index (χ1n) is 13.5. The molecule has 2 aliphatic rings. The number of β-lactam (4-membered cyclic amide) rings is 1. The number of Topliss-reactive ketones (excluding diaryl/α,β-unsaturated/α-hetero) is 1. The van der Waals surface area contributed by atoms with Crippen LogP contribution in [0.4, 0.5) is 0 Å². The van der Waals surface area contributed by atoms with Gasteiger partial charge in [0.05, 0.1) is 28.7 Å². The summed E-state index contributed by atoms with van der Waals surface area (Å²) in [5.41, 5.74) is 1.13. The molecule has 1 fully saturated rings. The van der Waals surface area contributed by atoms with Crippen LogP contribution in [-0.4, -0.2) is 86.7 Å². The van der Waals surface area contributed by atoms with Crippen molar-refractivity contribution in [2.24, 2.45) is 18.1 Å². The van der Waals surface area contributed by atoms with E-state index in [-0.39, 0.29) is 46.5 Å². The topological polar surface area (TPSA) is 268 Å². The molecule has 5 heterocycles. The van der Waals surface area contributed by atoms with Crippen molar-refractivity contribution in [3.63, 3.8) is 0 Å². The lowest BCUT2D eigenvalue weighted by atomic mass is 9.90. The second-order valence-corrected chi connectivity index (χ2v) is 15.6. The Morgan fingerprint density at radius 2 is 1.92 bits per heavy atom. The highest BCUT2D eigenvalue weighted by Crippen LogP contribution is 2.49. The van der Waals surface area contributed by atoms with E-state index < -0.39 is 48.7 Å². The van der Waals surface area contributed by atoms with Gasteiger partial charge in [0.15, 0.2) is 34.1 Å². The normalized spacial score (nSPS) is 17.4. The highest BCUT2D eigenvalue weighted by molar-refractivity contribution is 8.07. The van der Waals surface area contributed by atoms with Gasteiger partial charge in [0.25, 0.3) is 5.97 Å². The van der Waals surface area contributed by atoms with Gasteiger partial charge in [-0.25, -0.2) is 14.5 Å². The van der Waals surface area contributed by atoms with Gasteiger partial charge in [0.2, 0.25) is 5.91 Å². The monoisotopic (exact) mass is 760 g/mol. The maximum absolute atomic E-state index is 13.3. The first kappa shape index (κ1) is 38.9. The maximum Gasteiger partial charge on any atom is 0.332 e. The fourth-order valence-electron chi connectivity index (χ4n) is 4.24. The van der Waals surface area contributed by atoms with Gasteiger partial charge in [-0.1, -0.05) is 16.9 Å². The first-order chi connectivity index (χ1) is 22.2. The molecule has 0 bridgehead atoms. The molecule has 1 saturated heterocycles. The predicted molar refractivity (Wildman–Crippen MR) is 174 cm³/mol. The molecule has 0 spiro atoms. The van der Waals surface area contributed by atoms with Gasteiger partial charge in [-0.3, -0.25) is 23.8 Å². The molecule has 17 nitrogen and oxygen atoms in total. The smallest absolute Gasteiger partial charge is 0.332 e. The average Bonchev–Trinajstić information content (AvgIpc) is 3.64. The Bertz CT molecular complexity index is 1790. The SMILES string of the molecule is CC(=O)O.CCO/N=C(\C(=O)C[C@@H]1C(=O)N2C(C(=O)[O-])=C(Sc3nc(-c4cc[n+](C)cc4)cs3)CS[C@H]12)c1nsc(CP(=O)(O)O)n1.O. The van der Waals surface area contributed by atoms with E-state index in [2.05, 4.69) is 19.5 Å². The minimum Gasteiger partial charge on any atom is -0.543 e. The summed E-state index contributed by atoms with van der Waals surface area (Å²) in [6.45, 7) is 2.85. The number of hydrogen-bond donors (Lipinski definition) is 3. The number of aromatic nitrogens is 4. The summed E-state index contributed by atoms with van der Waals surface area (Å²) in [7, 11) is -2.51. The number of pyridine rings is 1. The molecule has 2 aliphatic heterocycles. The molecule has 2 atom stereocenters. The second kappa shape index (κ2) is 16.7. The molecule has 48 heavy (non-hydrogen) atoms. The Labute approximate surface area is 289 Å². The van der Waals surface area contributed by atoms with Crippen LogP contribution in [-0.2, 0) is 41.8 Å². The molecule has 3 aromatic rings. The zero-order chi connectivity index (χ0) is 34.5. The number of carboxylic acid groups (broad SMARTS) is 2. The van der Waals surface area contributed by atoms with E-state index in [4.69, 9.17) is 14.7 Å². The highest BCUT2D eigenvalue weighted by Gasteiger charge is 2.53. The largest absolute Gasteiger partial charge is 0.543 e. The number of nitrogens with zero attached hydrogens (tertiary/aromatic N) is 6. The molecule has 5 N–H and O–H groups in total. The standard InChI is InChI=1S/C24H23N6O8PS4.C2H4O2.H2O/c1-3-38-27-18(20-26-17(43-28-20)9-39(35,36)37)15(31)8-13-21(32)30-19(23(33)34)16(11-40-22(13)30)42-24-25-14(10-41-24)12-4-6-29(2)7-5-12;1-2(3)4;/h4-7,10,13,22H,3,8-9,11H2,1-2H3,(H2-,33,34,35,36,37);1H3,(H,3,4);1H2/b27-18+;;/t13-,22-;;/m1../s1. The van der Waals surface area contributed by atoms with Crippen LogP contribution in [0.3, 0.4) is 0 Å². The van der Waals surface area contributed by atoms with Gasteiger partial charge in [-0.15, -0.1) is 23.1 Å². The van der Waals surface area contributed by atoms with Crippen molar-refractivity contribution >= 4 is 83.3 Å². The van der Waals surface area contributed by atoms with Crippen LogP contribution in [0.15, 0.2) is 50.0 Å². The van der Waals surface area contributed by atoms with E-state index in [1.165, 1.54) is 34.9 Å². The van der Waals surface area contributed by atoms with E-state index in [0.717, 1.165) is 23.1 Å². The number of hydrogen-bond acceptors (Lipinski definition) is 15. The Kier molecular flexibility index (Phi) is 13.5. The second-order valence-electron chi connectivity index (χ2n) is 9.77. The fraction of sp³-hybridized carbons (Fsp3) is 0.346. The van der Waals surface area contributed by atoms with E-state index in [1.807, 2.05) is 41.5 Å². The van der Waals surface area contributed by atoms with E-state index in [0.29, 0.717) is 20.8 Å². The number of oxime groups is 1. The third kappa shape index (κ3) is 9.75. The molecule has 0 radical (unpaired) electrons. The Balaban J connectivity index is 0.00000118. The van der Waals surface area contributed by atoms with E-state index in [1.54, 1.807) is 6.92 Å². The zero-order valence-electron chi connectivity index (χ0n) is 25.3. The predicted octanol–water partition coefficient (Wildman–Crippen LogP) is 0.415. The highest BCUT2D eigenvalue weighted by atomic mass is 32.2.